The van der Waals surface area contributed by atoms with Gasteiger partial charge in [0.1, 0.15) is 0 Å². The molecule has 0 saturated carbocycles. The summed E-state index contributed by atoms with van der Waals surface area (Å²) >= 11 is 5.99. The second-order valence-electron chi connectivity index (χ2n) is 7.69. The number of anilines is 1. The molecular formula is C24H29ClN4O3. The van der Waals surface area contributed by atoms with Crippen LogP contribution in [0.25, 0.3) is 0 Å². The van der Waals surface area contributed by atoms with Gasteiger partial charge in [0.05, 0.1) is 6.54 Å². The molecule has 0 spiro atoms. The van der Waals surface area contributed by atoms with Crippen molar-refractivity contribution < 1.29 is 14.4 Å². The van der Waals surface area contributed by atoms with Gasteiger partial charge in [0.2, 0.25) is 5.91 Å². The maximum Gasteiger partial charge on any atom is 0.253 e. The maximum absolute atomic E-state index is 12.6. The average molecular weight is 457 g/mol. The van der Waals surface area contributed by atoms with Crippen LogP contribution in [0.4, 0.5) is 5.69 Å². The van der Waals surface area contributed by atoms with Crippen LogP contribution in [0.3, 0.4) is 0 Å². The Kier molecular flexibility index (Phi) is 8.25. The van der Waals surface area contributed by atoms with Gasteiger partial charge in [-0.2, -0.15) is 0 Å². The predicted octanol–water partition coefficient (Wildman–Crippen LogP) is 3.22. The van der Waals surface area contributed by atoms with Crippen molar-refractivity contribution in [1.29, 1.82) is 0 Å². The number of rotatable bonds is 7. The van der Waals surface area contributed by atoms with Crippen LogP contribution in [-0.2, 0) is 4.79 Å². The molecule has 1 saturated heterocycles. The van der Waals surface area contributed by atoms with Crippen molar-refractivity contribution in [3.05, 3.63) is 64.7 Å². The van der Waals surface area contributed by atoms with Gasteiger partial charge < -0.3 is 15.1 Å². The highest BCUT2D eigenvalue weighted by molar-refractivity contribution is 6.30. The summed E-state index contributed by atoms with van der Waals surface area (Å²) in [7, 11) is 0. The van der Waals surface area contributed by atoms with Gasteiger partial charge in [-0.15, -0.1) is 0 Å². The largest absolute Gasteiger partial charge is 0.339 e. The minimum atomic E-state index is -0.146. The summed E-state index contributed by atoms with van der Waals surface area (Å²) in [6, 6.07) is 13.9. The molecule has 3 rings (SSSR count). The zero-order valence-electron chi connectivity index (χ0n) is 18.5. The molecule has 0 aromatic heterocycles. The van der Waals surface area contributed by atoms with Gasteiger partial charge in [0.25, 0.3) is 11.8 Å². The molecule has 3 amide bonds. The number of piperazine rings is 1. The highest BCUT2D eigenvalue weighted by atomic mass is 35.5. The molecule has 1 heterocycles. The number of hydrogen-bond donors (Lipinski definition) is 1. The monoisotopic (exact) mass is 456 g/mol. The highest BCUT2D eigenvalue weighted by Crippen LogP contribution is 2.15. The Labute approximate surface area is 193 Å². The maximum atomic E-state index is 12.6. The Bertz CT molecular complexity index is 969. The van der Waals surface area contributed by atoms with Crippen LogP contribution < -0.4 is 5.32 Å². The van der Waals surface area contributed by atoms with E-state index in [1.807, 2.05) is 18.7 Å². The quantitative estimate of drug-likeness (QED) is 0.694. The summed E-state index contributed by atoms with van der Waals surface area (Å²) in [5.74, 6) is -0.245. The van der Waals surface area contributed by atoms with Gasteiger partial charge in [-0.05, 0) is 50.2 Å². The van der Waals surface area contributed by atoms with Crippen LogP contribution in [0.1, 0.15) is 34.6 Å². The summed E-state index contributed by atoms with van der Waals surface area (Å²) in [6.45, 7) is 7.70. The lowest BCUT2D eigenvalue weighted by Crippen LogP contribution is -2.50. The van der Waals surface area contributed by atoms with E-state index in [4.69, 9.17) is 11.6 Å². The number of amides is 3. The zero-order valence-corrected chi connectivity index (χ0v) is 19.3. The Balaban J connectivity index is 1.51. The van der Waals surface area contributed by atoms with Gasteiger partial charge in [0.15, 0.2) is 0 Å². The third kappa shape index (κ3) is 6.08. The van der Waals surface area contributed by atoms with Crippen LogP contribution in [0.5, 0.6) is 0 Å². The highest BCUT2D eigenvalue weighted by Gasteiger charge is 2.23. The van der Waals surface area contributed by atoms with Crippen LogP contribution in [0.15, 0.2) is 48.5 Å². The van der Waals surface area contributed by atoms with E-state index in [9.17, 15) is 14.4 Å². The van der Waals surface area contributed by atoms with Crippen molar-refractivity contribution in [1.82, 2.24) is 14.7 Å². The summed E-state index contributed by atoms with van der Waals surface area (Å²) in [5, 5.41) is 3.42. The lowest BCUT2D eigenvalue weighted by molar-refractivity contribution is -0.117. The van der Waals surface area contributed by atoms with Crippen LogP contribution in [0, 0.1) is 0 Å². The summed E-state index contributed by atoms with van der Waals surface area (Å²) < 4.78 is 0. The van der Waals surface area contributed by atoms with E-state index in [1.54, 1.807) is 58.3 Å². The van der Waals surface area contributed by atoms with Gasteiger partial charge >= 0.3 is 0 Å². The summed E-state index contributed by atoms with van der Waals surface area (Å²) in [5.41, 5.74) is 1.73. The molecular weight excluding hydrogens is 428 g/mol. The molecule has 1 N–H and O–H groups in total. The number of benzene rings is 2. The zero-order chi connectivity index (χ0) is 23.1. The number of carbonyl (C=O) groups excluding carboxylic acids is 3. The number of nitrogens with zero attached hydrogens (tertiary/aromatic N) is 3. The molecule has 32 heavy (non-hydrogen) atoms. The molecule has 1 fully saturated rings. The lowest BCUT2D eigenvalue weighted by atomic mass is 10.1. The molecule has 170 valence electrons. The van der Waals surface area contributed by atoms with Gasteiger partial charge in [-0.25, -0.2) is 0 Å². The molecule has 7 nitrogen and oxygen atoms in total. The molecule has 2 aromatic rings. The molecule has 0 radical (unpaired) electrons. The van der Waals surface area contributed by atoms with Crippen LogP contribution in [-0.4, -0.2) is 78.2 Å². The Morgan fingerprint density at radius 2 is 1.59 bits per heavy atom. The van der Waals surface area contributed by atoms with Crippen LogP contribution >= 0.6 is 11.6 Å². The summed E-state index contributed by atoms with van der Waals surface area (Å²) in [4.78, 5) is 43.2. The first-order valence-corrected chi connectivity index (χ1v) is 11.3. The summed E-state index contributed by atoms with van der Waals surface area (Å²) in [6.07, 6.45) is 0. The SMILES string of the molecule is CCN(CC)C(=O)c1cccc(NC(=O)CN2CCN(C(=O)c3cccc(Cl)c3)CC2)c1. The standard InChI is InChI=1S/C24H29ClN4O3/c1-3-28(4-2)23(31)19-8-6-10-21(16-19)26-22(30)17-27-11-13-29(14-12-27)24(32)18-7-5-9-20(25)15-18/h5-10,15-16H,3-4,11-14,17H2,1-2H3,(H,26,30). The first-order chi connectivity index (χ1) is 15.4. The Hall–Kier alpha value is -2.90. The molecule has 0 unspecified atom stereocenters. The number of halogens is 1. The molecule has 0 bridgehead atoms. The molecule has 0 atom stereocenters. The van der Waals surface area contributed by atoms with E-state index in [0.29, 0.717) is 61.1 Å². The number of carbonyl (C=O) groups is 3. The Morgan fingerprint density at radius 3 is 2.25 bits per heavy atom. The molecule has 0 aliphatic carbocycles. The molecule has 1 aliphatic heterocycles. The molecule has 2 aromatic carbocycles. The van der Waals surface area contributed by atoms with Crippen molar-refractivity contribution in [2.45, 2.75) is 13.8 Å². The molecule has 8 heteroatoms. The average Bonchev–Trinajstić information content (AvgIpc) is 2.80. The van der Waals surface area contributed by atoms with E-state index >= 15 is 0 Å². The van der Waals surface area contributed by atoms with Crippen molar-refractivity contribution >= 4 is 35.0 Å². The van der Waals surface area contributed by atoms with E-state index in [2.05, 4.69) is 5.32 Å². The minimum Gasteiger partial charge on any atom is -0.339 e. The first kappa shape index (κ1) is 23.8. The topological polar surface area (TPSA) is 73.0 Å². The van der Waals surface area contributed by atoms with Gasteiger partial charge in [0, 0.05) is 61.1 Å². The van der Waals surface area contributed by atoms with Gasteiger partial charge in [-0.3, -0.25) is 19.3 Å². The lowest BCUT2D eigenvalue weighted by Gasteiger charge is -2.34. The van der Waals surface area contributed by atoms with E-state index in [-0.39, 0.29) is 24.3 Å². The predicted molar refractivity (Wildman–Crippen MR) is 126 cm³/mol. The third-order valence-electron chi connectivity index (χ3n) is 5.54. The third-order valence-corrected chi connectivity index (χ3v) is 5.78. The van der Waals surface area contributed by atoms with E-state index < -0.39 is 0 Å². The van der Waals surface area contributed by atoms with Gasteiger partial charge in [-0.1, -0.05) is 23.7 Å². The molecule has 1 aliphatic rings. The minimum absolute atomic E-state index is 0.0495. The second-order valence-corrected chi connectivity index (χ2v) is 8.12. The van der Waals surface area contributed by atoms with Crippen molar-refractivity contribution in [2.24, 2.45) is 0 Å². The fourth-order valence-electron chi connectivity index (χ4n) is 3.74. The Morgan fingerprint density at radius 1 is 0.938 bits per heavy atom. The smallest absolute Gasteiger partial charge is 0.253 e. The number of nitrogens with one attached hydrogen (secondary N) is 1. The van der Waals surface area contributed by atoms with Crippen molar-refractivity contribution in [2.75, 3.05) is 51.1 Å². The van der Waals surface area contributed by atoms with Crippen LogP contribution in [0.2, 0.25) is 5.02 Å². The fourth-order valence-corrected chi connectivity index (χ4v) is 3.93. The second kappa shape index (κ2) is 11.1. The van der Waals surface area contributed by atoms with E-state index in [1.165, 1.54) is 0 Å². The van der Waals surface area contributed by atoms with Crippen molar-refractivity contribution in [3.8, 4) is 0 Å². The normalized spacial score (nSPS) is 14.2. The van der Waals surface area contributed by atoms with Crippen molar-refractivity contribution in [3.63, 3.8) is 0 Å². The number of hydrogen-bond acceptors (Lipinski definition) is 4. The fraction of sp³-hybridized carbons (Fsp3) is 0.375. The first-order valence-electron chi connectivity index (χ1n) is 10.9. The van der Waals surface area contributed by atoms with E-state index in [0.717, 1.165) is 0 Å².